The van der Waals surface area contributed by atoms with Gasteiger partial charge < -0.3 is 13.8 Å². The van der Waals surface area contributed by atoms with Crippen LogP contribution < -0.4 is 15.8 Å². The first-order valence-corrected chi connectivity index (χ1v) is 29.0. The first-order chi connectivity index (χ1) is 35.4. The predicted molar refractivity (Wildman–Crippen MR) is 304 cm³/mol. The highest BCUT2D eigenvalue weighted by Gasteiger charge is 2.54. The molecule has 9 aromatic rings. The molecule has 0 amide bonds. The molecule has 0 atom stereocenters. The van der Waals surface area contributed by atoms with Crippen molar-refractivity contribution in [2.75, 3.05) is 4.90 Å². The summed E-state index contributed by atoms with van der Waals surface area (Å²) >= 11 is 0. The van der Waals surface area contributed by atoms with Gasteiger partial charge in [0.2, 0.25) is 0 Å². The highest BCUT2D eigenvalue weighted by atomic mass is 16.3. The fraction of sp³-hybridized carbons (Fsp3) is 0.420. The Morgan fingerprint density at radius 1 is 0.521 bits per heavy atom. The molecule has 8 bridgehead atoms. The Hall–Kier alpha value is -5.74. The van der Waals surface area contributed by atoms with Gasteiger partial charge in [0.1, 0.15) is 11.2 Å². The highest BCUT2D eigenvalue weighted by molar-refractivity contribution is 6.90. The maximum Gasteiger partial charge on any atom is 0.333 e. The molecule has 20 rings (SSSR count). The van der Waals surface area contributed by atoms with Crippen molar-refractivity contribution in [2.24, 2.45) is 35.5 Å². The van der Waals surface area contributed by atoms with Gasteiger partial charge in [-0.3, -0.25) is 0 Å². The summed E-state index contributed by atoms with van der Waals surface area (Å²) in [5.41, 5.74) is 22.7. The quantitative estimate of drug-likeness (QED) is 0.165. The number of hydrogen-bond acceptors (Lipinski definition) is 2. The molecule has 0 N–H and O–H groups in total. The Balaban J connectivity index is 0.990. The first kappa shape index (κ1) is 41.6. The standard InChI is InChI=1S/C69H67BN2O/c1-38-18-54-55(67(4,5)17-16-66(54,2)3)31-58(38)71-59-26-46-11-7-6-10-45(46)25-56(59)70-63-60(71)30-52-49-12-8-9-13-61(49)73-65(52)62(63)53-29-48(69-35-42-22-43(36-69)24-44(23-42)37-69)28-51-50-27-47(14-15-57(50)72(70)64(51)53)68-32-39-19-40(33-68)21-41(20-39)34-68/h6-15,18,25-31,39-44H,16-17,19-24,32-37H2,1-5H3. The van der Waals surface area contributed by atoms with E-state index in [4.69, 9.17) is 4.42 Å². The number of aryl methyl sites for hydroxylation is 1. The molecule has 11 aliphatic rings. The van der Waals surface area contributed by atoms with Crippen LogP contribution in [0.3, 0.4) is 0 Å². The van der Waals surface area contributed by atoms with E-state index in [2.05, 4.69) is 153 Å². The van der Waals surface area contributed by atoms with Gasteiger partial charge in [0.25, 0.3) is 0 Å². The minimum atomic E-state index is -0.0462. The summed E-state index contributed by atoms with van der Waals surface area (Å²) in [6.45, 7) is 12.3. The van der Waals surface area contributed by atoms with Gasteiger partial charge in [-0.15, -0.1) is 0 Å². The van der Waals surface area contributed by atoms with Crippen molar-refractivity contribution in [1.29, 1.82) is 0 Å². The van der Waals surface area contributed by atoms with Crippen LogP contribution in [-0.4, -0.2) is 11.3 Å². The van der Waals surface area contributed by atoms with E-state index in [-0.39, 0.29) is 23.1 Å². The molecule has 362 valence electrons. The van der Waals surface area contributed by atoms with E-state index < -0.39 is 0 Å². The number of fused-ring (bicyclic) bond motifs is 13. The SMILES string of the molecule is Cc1cc2c(cc1N1c3cc4ccccc4cc3B3c4c1cc1c(oc5ccccc51)c4-c1cc(C45CC6CC(CC(C6)C4)C5)cc4c5cc(C67CC8CC(CC(C8)C6)C7)ccc5n3c14)C(C)(C)CCC2(C)C. The molecule has 8 saturated carbocycles. The number of anilines is 3. The molecule has 0 saturated heterocycles. The third-order valence-electron chi connectivity index (χ3n) is 22.8. The zero-order valence-corrected chi connectivity index (χ0v) is 43.6. The normalized spacial score (nSPS) is 30.3. The third kappa shape index (κ3) is 5.35. The van der Waals surface area contributed by atoms with Crippen LogP contribution in [-0.2, 0) is 21.7 Å². The molecule has 0 spiro atoms. The van der Waals surface area contributed by atoms with Gasteiger partial charge >= 0.3 is 6.85 Å². The molecule has 4 heteroatoms. The molecule has 9 aliphatic carbocycles. The number of nitrogens with zero attached hydrogens (tertiary/aromatic N) is 2. The summed E-state index contributed by atoms with van der Waals surface area (Å²) in [4.78, 5) is 2.74. The van der Waals surface area contributed by atoms with E-state index in [0.29, 0.717) is 5.41 Å². The lowest BCUT2D eigenvalue weighted by Crippen LogP contribution is -2.56. The molecule has 4 heterocycles. The summed E-state index contributed by atoms with van der Waals surface area (Å²) in [6, 6.07) is 44.7. The monoisotopic (exact) mass is 951 g/mol. The number of rotatable bonds is 3. The predicted octanol–water partition coefficient (Wildman–Crippen LogP) is 16.9. The van der Waals surface area contributed by atoms with Crippen LogP contribution in [0.2, 0.25) is 0 Å². The second kappa shape index (κ2) is 13.6. The van der Waals surface area contributed by atoms with Gasteiger partial charge in [-0.05, 0) is 252 Å². The number of aromatic nitrogens is 1. The molecule has 0 unspecified atom stereocenters. The van der Waals surface area contributed by atoms with Crippen LogP contribution in [0.25, 0.3) is 65.6 Å². The Bertz CT molecular complexity index is 3920. The molecule has 2 aromatic heterocycles. The molecule has 8 fully saturated rings. The van der Waals surface area contributed by atoms with Gasteiger partial charge in [0, 0.05) is 60.8 Å². The van der Waals surface area contributed by atoms with Gasteiger partial charge in [-0.2, -0.15) is 0 Å². The summed E-state index contributed by atoms with van der Waals surface area (Å²) in [7, 11) is 0. The van der Waals surface area contributed by atoms with E-state index >= 15 is 0 Å². The van der Waals surface area contributed by atoms with Crippen molar-refractivity contribution in [2.45, 2.75) is 146 Å². The zero-order valence-electron chi connectivity index (χ0n) is 43.6. The lowest BCUT2D eigenvalue weighted by Gasteiger charge is -2.57. The minimum Gasteiger partial charge on any atom is -0.455 e. The maximum atomic E-state index is 7.41. The van der Waals surface area contributed by atoms with Crippen molar-refractivity contribution in [3.8, 4) is 11.1 Å². The van der Waals surface area contributed by atoms with Gasteiger partial charge in [-0.25, -0.2) is 0 Å². The summed E-state index contributed by atoms with van der Waals surface area (Å²) < 4.78 is 10.3. The Labute approximate surface area is 430 Å². The Morgan fingerprint density at radius 3 is 1.78 bits per heavy atom. The summed E-state index contributed by atoms with van der Waals surface area (Å²) in [5.74, 6) is 5.33. The largest absolute Gasteiger partial charge is 0.455 e. The average molecular weight is 951 g/mol. The Kier molecular flexibility index (Phi) is 7.73. The fourth-order valence-electron chi connectivity index (χ4n) is 20.2. The molecular formula is C69H67BN2O. The smallest absolute Gasteiger partial charge is 0.333 e. The third-order valence-corrected chi connectivity index (χ3v) is 22.8. The van der Waals surface area contributed by atoms with E-state index in [1.165, 1.54) is 189 Å². The first-order valence-electron chi connectivity index (χ1n) is 29.0. The average Bonchev–Trinajstić information content (AvgIpc) is 3.91. The van der Waals surface area contributed by atoms with Crippen LogP contribution >= 0.6 is 0 Å². The van der Waals surface area contributed by atoms with Gasteiger partial charge in [0.15, 0.2) is 0 Å². The van der Waals surface area contributed by atoms with Crippen LogP contribution in [0.1, 0.15) is 145 Å². The number of benzene rings is 7. The Morgan fingerprint density at radius 2 is 1.11 bits per heavy atom. The molecule has 2 aliphatic heterocycles. The van der Waals surface area contributed by atoms with Crippen molar-refractivity contribution in [3.63, 3.8) is 0 Å². The van der Waals surface area contributed by atoms with Gasteiger partial charge in [-0.1, -0.05) is 88.4 Å². The summed E-state index contributed by atoms with van der Waals surface area (Å²) in [5, 5.41) is 8.03. The molecule has 73 heavy (non-hydrogen) atoms. The molecule has 3 nitrogen and oxygen atoms in total. The van der Waals surface area contributed by atoms with Crippen molar-refractivity contribution >= 4 is 89.4 Å². The minimum absolute atomic E-state index is 0.0462. The van der Waals surface area contributed by atoms with Crippen LogP contribution in [0, 0.1) is 42.4 Å². The topological polar surface area (TPSA) is 21.3 Å². The lowest BCUT2D eigenvalue weighted by atomic mass is 9.44. The molecular weight excluding hydrogens is 884 g/mol. The highest BCUT2D eigenvalue weighted by Crippen LogP contribution is 2.64. The van der Waals surface area contributed by atoms with Crippen molar-refractivity contribution < 1.29 is 4.42 Å². The lowest BCUT2D eigenvalue weighted by molar-refractivity contribution is -0.00527. The van der Waals surface area contributed by atoms with Crippen LogP contribution in [0.15, 0.2) is 114 Å². The van der Waals surface area contributed by atoms with Gasteiger partial charge in [0.05, 0.1) is 0 Å². The second-order valence-electron chi connectivity index (χ2n) is 28.0. The zero-order chi connectivity index (χ0) is 48.2. The van der Waals surface area contributed by atoms with Crippen molar-refractivity contribution in [3.05, 3.63) is 137 Å². The second-order valence-corrected chi connectivity index (χ2v) is 28.0. The van der Waals surface area contributed by atoms with Crippen LogP contribution in [0.4, 0.5) is 17.1 Å². The van der Waals surface area contributed by atoms with E-state index in [1.807, 2.05) is 0 Å². The molecule has 0 radical (unpaired) electrons. The molecule has 7 aromatic carbocycles. The number of hydrogen-bond donors (Lipinski definition) is 0. The maximum absolute atomic E-state index is 7.41. The van der Waals surface area contributed by atoms with E-state index in [9.17, 15) is 0 Å². The van der Waals surface area contributed by atoms with Crippen LogP contribution in [0.5, 0.6) is 0 Å². The fourth-order valence-corrected chi connectivity index (χ4v) is 20.2. The van der Waals surface area contributed by atoms with E-state index in [0.717, 1.165) is 46.7 Å². The van der Waals surface area contributed by atoms with Crippen molar-refractivity contribution in [1.82, 2.24) is 4.48 Å². The van der Waals surface area contributed by atoms with E-state index in [1.54, 1.807) is 11.1 Å². The summed E-state index contributed by atoms with van der Waals surface area (Å²) in [6.07, 6.45) is 19.4. The number of furan rings is 1. The number of para-hydroxylation sites is 1.